The van der Waals surface area contributed by atoms with Crippen LogP contribution < -0.4 is 0 Å². The quantitative estimate of drug-likeness (QED) is 0.528. The number of ether oxygens (including phenoxy) is 1. The minimum absolute atomic E-state index is 0.0674. The van der Waals surface area contributed by atoms with E-state index in [9.17, 15) is 9.59 Å². The Bertz CT molecular complexity index is 444. The van der Waals surface area contributed by atoms with Crippen molar-refractivity contribution in [2.45, 2.75) is 71.2 Å². The van der Waals surface area contributed by atoms with Crippen LogP contribution in [0.5, 0.6) is 0 Å². The third kappa shape index (κ3) is 6.97. The van der Waals surface area contributed by atoms with Gasteiger partial charge in [-0.15, -0.1) is 11.8 Å². The van der Waals surface area contributed by atoms with Gasteiger partial charge in [0, 0.05) is 24.0 Å². The normalized spacial score (nSPS) is 16.5. The van der Waals surface area contributed by atoms with E-state index in [0.29, 0.717) is 11.4 Å². The van der Waals surface area contributed by atoms with E-state index in [2.05, 4.69) is 0 Å². The van der Waals surface area contributed by atoms with Gasteiger partial charge in [0.15, 0.2) is 0 Å². The smallest absolute Gasteiger partial charge is 0.267 e. The van der Waals surface area contributed by atoms with Crippen molar-refractivity contribution in [1.29, 1.82) is 0 Å². The molecule has 0 saturated carbocycles. The lowest BCUT2D eigenvalue weighted by Crippen LogP contribution is -2.32. The first-order valence-corrected chi connectivity index (χ1v) is 8.72. The predicted molar refractivity (Wildman–Crippen MR) is 91.7 cm³/mol. The maximum absolute atomic E-state index is 12.2. The fourth-order valence-corrected chi connectivity index (χ4v) is 3.04. The van der Waals surface area contributed by atoms with Crippen molar-refractivity contribution in [2.24, 2.45) is 0 Å². The van der Waals surface area contributed by atoms with Crippen molar-refractivity contribution < 1.29 is 14.3 Å². The topological polar surface area (TPSA) is 46.6 Å². The first-order chi connectivity index (χ1) is 9.99. The van der Waals surface area contributed by atoms with Gasteiger partial charge in [0.1, 0.15) is 0 Å². The molecule has 2 amide bonds. The van der Waals surface area contributed by atoms with Crippen LogP contribution in [0.25, 0.3) is 0 Å². The second kappa shape index (κ2) is 7.64. The van der Waals surface area contributed by atoms with Gasteiger partial charge >= 0.3 is 0 Å². The summed E-state index contributed by atoms with van der Waals surface area (Å²) in [6.45, 7) is 13.4. The average Bonchev–Trinajstić information content (AvgIpc) is 2.56. The molecular weight excluding hydrogens is 298 g/mol. The minimum Gasteiger partial charge on any atom is -0.376 e. The molecule has 22 heavy (non-hydrogen) atoms. The molecule has 126 valence electrons. The van der Waals surface area contributed by atoms with E-state index in [-0.39, 0.29) is 22.2 Å². The maximum Gasteiger partial charge on any atom is 0.267 e. The molecule has 0 aliphatic carbocycles. The number of carbonyl (C=O) groups excluding carboxylic acids is 2. The van der Waals surface area contributed by atoms with E-state index in [1.807, 2.05) is 41.5 Å². The van der Waals surface area contributed by atoms with Gasteiger partial charge in [-0.05, 0) is 40.0 Å². The Morgan fingerprint density at radius 2 is 1.68 bits per heavy atom. The van der Waals surface area contributed by atoms with Gasteiger partial charge in [-0.2, -0.15) is 0 Å². The molecule has 0 bridgehead atoms. The number of hydrogen-bond acceptors (Lipinski definition) is 4. The van der Waals surface area contributed by atoms with Gasteiger partial charge in [0.05, 0.1) is 10.5 Å². The standard InChI is InChI=1S/C17H29NO3S/c1-16(2,3)21-11-9-7-8-10-18-14(19)12-13(15(18)20)22-17(4,5)6/h12H,7-11H2,1-6H3. The largest absolute Gasteiger partial charge is 0.376 e. The Morgan fingerprint density at radius 3 is 2.23 bits per heavy atom. The molecule has 0 aromatic heterocycles. The summed E-state index contributed by atoms with van der Waals surface area (Å²) in [7, 11) is 0. The second-order valence-electron chi connectivity index (χ2n) is 7.54. The first kappa shape index (κ1) is 19.2. The minimum atomic E-state index is -0.178. The van der Waals surface area contributed by atoms with E-state index in [0.717, 1.165) is 25.9 Å². The molecule has 0 spiro atoms. The predicted octanol–water partition coefficient (Wildman–Crippen LogP) is 3.76. The number of imide groups is 1. The van der Waals surface area contributed by atoms with Crippen LogP contribution in [0.1, 0.15) is 60.8 Å². The molecule has 0 aromatic carbocycles. The second-order valence-corrected chi connectivity index (χ2v) is 9.41. The van der Waals surface area contributed by atoms with Crippen LogP contribution in [0.4, 0.5) is 0 Å². The number of hydrogen-bond donors (Lipinski definition) is 0. The highest BCUT2D eigenvalue weighted by Gasteiger charge is 2.33. The van der Waals surface area contributed by atoms with Crippen LogP contribution in [0.15, 0.2) is 11.0 Å². The van der Waals surface area contributed by atoms with Gasteiger partial charge in [-0.3, -0.25) is 14.5 Å². The summed E-state index contributed by atoms with van der Waals surface area (Å²) >= 11 is 1.46. The maximum atomic E-state index is 12.2. The van der Waals surface area contributed by atoms with Crippen molar-refractivity contribution in [3.8, 4) is 0 Å². The Hall–Kier alpha value is -0.810. The molecule has 0 saturated heterocycles. The molecule has 1 heterocycles. The lowest BCUT2D eigenvalue weighted by atomic mass is 10.2. The van der Waals surface area contributed by atoms with Gasteiger partial charge < -0.3 is 4.74 Å². The van der Waals surface area contributed by atoms with E-state index < -0.39 is 0 Å². The van der Waals surface area contributed by atoms with Crippen molar-refractivity contribution in [1.82, 2.24) is 4.90 Å². The Balaban J connectivity index is 2.31. The van der Waals surface area contributed by atoms with Crippen molar-refractivity contribution >= 4 is 23.6 Å². The number of carbonyl (C=O) groups is 2. The lowest BCUT2D eigenvalue weighted by molar-refractivity contribution is -0.136. The number of thioether (sulfide) groups is 1. The molecule has 0 N–H and O–H groups in total. The summed E-state index contributed by atoms with van der Waals surface area (Å²) in [4.78, 5) is 26.1. The molecule has 0 aromatic rings. The van der Waals surface area contributed by atoms with Crippen LogP contribution in [0.3, 0.4) is 0 Å². The SMILES string of the molecule is CC(C)(C)OCCCCCN1C(=O)C=C(SC(C)(C)C)C1=O. The highest BCUT2D eigenvalue weighted by atomic mass is 32.2. The number of amides is 2. The fourth-order valence-electron chi connectivity index (χ4n) is 2.03. The van der Waals surface area contributed by atoms with E-state index in [1.54, 1.807) is 0 Å². The van der Waals surface area contributed by atoms with Crippen LogP contribution in [-0.2, 0) is 14.3 Å². The van der Waals surface area contributed by atoms with Gasteiger partial charge in [-0.1, -0.05) is 20.8 Å². The molecule has 1 aliphatic heterocycles. The molecule has 0 radical (unpaired) electrons. The van der Waals surface area contributed by atoms with Gasteiger partial charge in [0.25, 0.3) is 11.8 Å². The molecule has 1 aliphatic rings. The highest BCUT2D eigenvalue weighted by Crippen LogP contribution is 2.34. The number of unbranched alkanes of at least 4 members (excludes halogenated alkanes) is 2. The molecule has 1 rings (SSSR count). The third-order valence-electron chi connectivity index (χ3n) is 2.95. The molecule has 5 heteroatoms. The zero-order chi connectivity index (χ0) is 17.0. The summed E-state index contributed by atoms with van der Waals surface area (Å²) in [5, 5.41) is 0. The lowest BCUT2D eigenvalue weighted by Gasteiger charge is -2.20. The molecule has 0 unspecified atom stereocenters. The van der Waals surface area contributed by atoms with E-state index in [4.69, 9.17) is 4.74 Å². The molecule has 0 fully saturated rings. The molecular formula is C17H29NO3S. The van der Waals surface area contributed by atoms with Gasteiger partial charge in [-0.25, -0.2) is 0 Å². The summed E-state index contributed by atoms with van der Waals surface area (Å²) in [5.41, 5.74) is -0.107. The van der Waals surface area contributed by atoms with Crippen LogP contribution >= 0.6 is 11.8 Å². The van der Waals surface area contributed by atoms with Crippen molar-refractivity contribution in [3.63, 3.8) is 0 Å². The zero-order valence-corrected chi connectivity index (χ0v) is 15.5. The number of nitrogens with zero attached hydrogens (tertiary/aromatic N) is 1. The monoisotopic (exact) mass is 327 g/mol. The summed E-state index contributed by atoms with van der Waals surface area (Å²) in [6.07, 6.45) is 4.20. The van der Waals surface area contributed by atoms with Crippen LogP contribution in [0.2, 0.25) is 0 Å². The highest BCUT2D eigenvalue weighted by molar-refractivity contribution is 8.05. The van der Waals surface area contributed by atoms with Crippen molar-refractivity contribution in [2.75, 3.05) is 13.2 Å². The van der Waals surface area contributed by atoms with E-state index in [1.165, 1.54) is 22.7 Å². The summed E-state index contributed by atoms with van der Waals surface area (Å²) < 4.78 is 5.59. The molecule has 0 atom stereocenters. The Kier molecular flexibility index (Phi) is 6.68. The van der Waals surface area contributed by atoms with E-state index >= 15 is 0 Å². The van der Waals surface area contributed by atoms with Crippen LogP contribution in [0, 0.1) is 0 Å². The summed E-state index contributed by atoms with van der Waals surface area (Å²) in [6, 6.07) is 0. The molecule has 4 nitrogen and oxygen atoms in total. The number of rotatable bonds is 7. The third-order valence-corrected chi connectivity index (χ3v) is 4.08. The average molecular weight is 327 g/mol. The zero-order valence-electron chi connectivity index (χ0n) is 14.7. The Morgan fingerprint density at radius 1 is 1.05 bits per heavy atom. The summed E-state index contributed by atoms with van der Waals surface area (Å²) in [5.74, 6) is -0.321. The van der Waals surface area contributed by atoms with Crippen molar-refractivity contribution in [3.05, 3.63) is 11.0 Å². The van der Waals surface area contributed by atoms with Gasteiger partial charge in [0.2, 0.25) is 0 Å². The van der Waals surface area contributed by atoms with Crippen LogP contribution in [-0.4, -0.2) is 40.2 Å². The Labute approximate surface area is 138 Å². The first-order valence-electron chi connectivity index (χ1n) is 7.90. The fraction of sp³-hybridized carbons (Fsp3) is 0.765.